The number of nitrogens with one attached hydrogen (secondary N) is 2. The molecule has 2 atom stereocenters. The van der Waals surface area contributed by atoms with Crippen molar-refractivity contribution in [2.75, 3.05) is 6.54 Å². The minimum absolute atomic E-state index is 0.102. The van der Waals surface area contributed by atoms with Crippen molar-refractivity contribution < 1.29 is 14.3 Å². The lowest BCUT2D eigenvalue weighted by molar-refractivity contribution is 0.0663. The number of fused-ring (bicyclic) bond motifs is 1. The zero-order chi connectivity index (χ0) is 14.8. The van der Waals surface area contributed by atoms with Gasteiger partial charge in [0, 0.05) is 12.5 Å². The number of amides is 1. The molecule has 0 spiro atoms. The van der Waals surface area contributed by atoms with E-state index in [1.807, 2.05) is 0 Å². The highest BCUT2D eigenvalue weighted by Gasteiger charge is 2.24. The van der Waals surface area contributed by atoms with E-state index in [0.29, 0.717) is 23.2 Å². The highest BCUT2D eigenvalue weighted by Crippen LogP contribution is 2.24. The van der Waals surface area contributed by atoms with Gasteiger partial charge in [0.2, 0.25) is 0 Å². The molecule has 1 fully saturated rings. The van der Waals surface area contributed by atoms with Crippen LogP contribution < -0.4 is 11.1 Å². The van der Waals surface area contributed by atoms with Crippen molar-refractivity contribution >= 4 is 17.0 Å². The molecular formula is C15H18N2O4. The zero-order valence-electron chi connectivity index (χ0n) is 11.6. The van der Waals surface area contributed by atoms with E-state index in [-0.39, 0.29) is 17.9 Å². The fourth-order valence-corrected chi connectivity index (χ4v) is 2.91. The number of oxazole rings is 1. The Hall–Kier alpha value is -2.08. The summed E-state index contributed by atoms with van der Waals surface area (Å²) in [5.41, 5.74) is 1.15. The lowest BCUT2D eigenvalue weighted by atomic mass is 9.86. The molecule has 3 rings (SSSR count). The number of rotatable bonds is 3. The monoisotopic (exact) mass is 290 g/mol. The molecule has 0 aliphatic heterocycles. The third kappa shape index (κ3) is 2.85. The topological polar surface area (TPSA) is 95.3 Å². The van der Waals surface area contributed by atoms with Crippen LogP contribution in [0.25, 0.3) is 11.1 Å². The van der Waals surface area contributed by atoms with Crippen LogP contribution in [0.5, 0.6) is 0 Å². The second-order valence-electron chi connectivity index (χ2n) is 5.52. The predicted octanol–water partition coefficient (Wildman–Crippen LogP) is 1.40. The zero-order valence-corrected chi connectivity index (χ0v) is 11.6. The van der Waals surface area contributed by atoms with Crippen LogP contribution in [0.2, 0.25) is 0 Å². The number of benzene rings is 1. The summed E-state index contributed by atoms with van der Waals surface area (Å²) in [6, 6.07) is 4.94. The van der Waals surface area contributed by atoms with E-state index in [0.717, 1.165) is 25.7 Å². The van der Waals surface area contributed by atoms with Gasteiger partial charge >= 0.3 is 5.76 Å². The minimum Gasteiger partial charge on any atom is -0.408 e. The van der Waals surface area contributed by atoms with Gasteiger partial charge in [0.15, 0.2) is 5.58 Å². The van der Waals surface area contributed by atoms with Crippen molar-refractivity contribution in [2.24, 2.45) is 5.92 Å². The SMILES string of the molecule is O=C(NC[C@@H]1CCCC[C@H]1O)c1cccc2oc(=O)[nH]c12. The standard InChI is InChI=1S/C15H18N2O4/c18-11-6-2-1-4-9(11)8-16-14(19)10-5-3-7-12-13(10)17-15(20)21-12/h3,5,7,9,11,18H,1-2,4,6,8H2,(H,16,19)(H,17,20)/t9-,11+/m0/s1. The van der Waals surface area contributed by atoms with E-state index in [9.17, 15) is 14.7 Å². The van der Waals surface area contributed by atoms with Crippen LogP contribution in [0, 0.1) is 5.92 Å². The highest BCUT2D eigenvalue weighted by atomic mass is 16.4. The average Bonchev–Trinajstić information content (AvgIpc) is 2.86. The quantitative estimate of drug-likeness (QED) is 0.796. The van der Waals surface area contributed by atoms with Crippen LogP contribution >= 0.6 is 0 Å². The average molecular weight is 290 g/mol. The van der Waals surface area contributed by atoms with Gasteiger partial charge in [-0.15, -0.1) is 0 Å². The summed E-state index contributed by atoms with van der Waals surface area (Å²) in [4.78, 5) is 26.0. The van der Waals surface area contributed by atoms with Gasteiger partial charge < -0.3 is 14.8 Å². The first-order valence-electron chi connectivity index (χ1n) is 7.23. The molecule has 1 aromatic carbocycles. The summed E-state index contributed by atoms with van der Waals surface area (Å²) < 4.78 is 4.94. The van der Waals surface area contributed by atoms with Crippen molar-refractivity contribution in [1.82, 2.24) is 10.3 Å². The molecule has 0 unspecified atom stereocenters. The Morgan fingerprint density at radius 1 is 1.38 bits per heavy atom. The summed E-state index contributed by atoms with van der Waals surface area (Å²) >= 11 is 0. The number of H-pyrrole nitrogens is 1. The van der Waals surface area contributed by atoms with Crippen molar-refractivity contribution in [3.05, 3.63) is 34.3 Å². The first-order valence-corrected chi connectivity index (χ1v) is 7.23. The molecule has 1 aromatic heterocycles. The summed E-state index contributed by atoms with van der Waals surface area (Å²) in [5, 5.41) is 12.8. The second kappa shape index (κ2) is 5.73. The Morgan fingerprint density at radius 3 is 3.00 bits per heavy atom. The van der Waals surface area contributed by atoms with Crippen molar-refractivity contribution in [1.29, 1.82) is 0 Å². The van der Waals surface area contributed by atoms with Crippen LogP contribution in [0.3, 0.4) is 0 Å². The van der Waals surface area contributed by atoms with Gasteiger partial charge in [0.1, 0.15) is 0 Å². The number of aromatic amines is 1. The maximum Gasteiger partial charge on any atom is 0.417 e. The van der Waals surface area contributed by atoms with E-state index < -0.39 is 5.76 Å². The van der Waals surface area contributed by atoms with Crippen LogP contribution in [0.15, 0.2) is 27.4 Å². The van der Waals surface area contributed by atoms with Gasteiger partial charge in [0.05, 0.1) is 17.2 Å². The number of hydrogen-bond donors (Lipinski definition) is 3. The lowest BCUT2D eigenvalue weighted by Crippen LogP contribution is -2.36. The van der Waals surface area contributed by atoms with E-state index in [1.165, 1.54) is 0 Å². The molecule has 3 N–H and O–H groups in total. The molecule has 1 aliphatic rings. The molecule has 1 heterocycles. The van der Waals surface area contributed by atoms with Gasteiger partial charge in [0.25, 0.3) is 5.91 Å². The first-order chi connectivity index (χ1) is 10.1. The largest absolute Gasteiger partial charge is 0.417 e. The second-order valence-corrected chi connectivity index (χ2v) is 5.52. The van der Waals surface area contributed by atoms with Gasteiger partial charge in [-0.2, -0.15) is 0 Å². The number of aliphatic hydroxyl groups is 1. The predicted molar refractivity (Wildman–Crippen MR) is 77.1 cm³/mol. The van der Waals surface area contributed by atoms with Gasteiger partial charge in [-0.25, -0.2) is 4.79 Å². The van der Waals surface area contributed by atoms with Gasteiger partial charge in [-0.05, 0) is 25.0 Å². The number of para-hydroxylation sites is 1. The van der Waals surface area contributed by atoms with Gasteiger partial charge in [-0.3, -0.25) is 9.78 Å². The molecule has 6 nitrogen and oxygen atoms in total. The Kier molecular flexibility index (Phi) is 3.79. The van der Waals surface area contributed by atoms with E-state index in [2.05, 4.69) is 10.3 Å². The Balaban J connectivity index is 1.73. The van der Waals surface area contributed by atoms with Gasteiger partial charge in [-0.1, -0.05) is 18.9 Å². The van der Waals surface area contributed by atoms with Crippen LogP contribution in [0.4, 0.5) is 0 Å². The number of carbonyl (C=O) groups excluding carboxylic acids is 1. The minimum atomic E-state index is -0.576. The Morgan fingerprint density at radius 2 is 2.19 bits per heavy atom. The molecule has 1 saturated carbocycles. The molecule has 6 heteroatoms. The fraction of sp³-hybridized carbons (Fsp3) is 0.467. The van der Waals surface area contributed by atoms with Crippen molar-refractivity contribution in [3.63, 3.8) is 0 Å². The van der Waals surface area contributed by atoms with Crippen LogP contribution in [-0.2, 0) is 0 Å². The normalized spacial score (nSPS) is 22.3. The van der Waals surface area contributed by atoms with Crippen LogP contribution in [0.1, 0.15) is 36.0 Å². The maximum atomic E-state index is 12.3. The molecular weight excluding hydrogens is 272 g/mol. The number of aromatic nitrogens is 1. The first kappa shape index (κ1) is 13.9. The molecule has 1 aliphatic carbocycles. The van der Waals surface area contributed by atoms with Crippen molar-refractivity contribution in [2.45, 2.75) is 31.8 Å². The number of carbonyl (C=O) groups is 1. The number of aliphatic hydroxyl groups excluding tert-OH is 1. The molecule has 1 amide bonds. The maximum absolute atomic E-state index is 12.3. The summed E-state index contributed by atoms with van der Waals surface area (Å²) in [5.74, 6) is -0.742. The lowest BCUT2D eigenvalue weighted by Gasteiger charge is -2.27. The summed E-state index contributed by atoms with van der Waals surface area (Å²) in [6.07, 6.45) is 3.51. The molecule has 112 valence electrons. The molecule has 0 radical (unpaired) electrons. The molecule has 0 bridgehead atoms. The third-order valence-electron chi connectivity index (χ3n) is 4.09. The fourth-order valence-electron chi connectivity index (χ4n) is 2.91. The third-order valence-corrected chi connectivity index (χ3v) is 4.09. The molecule has 0 saturated heterocycles. The number of hydrogen-bond acceptors (Lipinski definition) is 4. The summed E-state index contributed by atoms with van der Waals surface area (Å²) in [7, 11) is 0. The van der Waals surface area contributed by atoms with E-state index in [4.69, 9.17) is 4.42 Å². The van der Waals surface area contributed by atoms with Crippen LogP contribution in [-0.4, -0.2) is 28.6 Å². The molecule has 21 heavy (non-hydrogen) atoms. The van der Waals surface area contributed by atoms with Crippen molar-refractivity contribution in [3.8, 4) is 0 Å². The van der Waals surface area contributed by atoms with E-state index in [1.54, 1.807) is 18.2 Å². The smallest absolute Gasteiger partial charge is 0.408 e. The Labute approximate surface area is 121 Å². The van der Waals surface area contributed by atoms with E-state index >= 15 is 0 Å². The molecule has 2 aromatic rings. The Bertz CT molecular complexity index is 703. The summed E-state index contributed by atoms with van der Waals surface area (Å²) in [6.45, 7) is 0.443. The highest BCUT2D eigenvalue weighted by molar-refractivity contribution is 6.04.